The van der Waals surface area contributed by atoms with Gasteiger partial charge in [-0.05, 0) is 37.0 Å². The molecule has 110 valence electrons. The normalized spacial score (nSPS) is 21.4. The molecule has 1 aromatic heterocycles. The Morgan fingerprint density at radius 3 is 2.60 bits per heavy atom. The van der Waals surface area contributed by atoms with Gasteiger partial charge in [0.05, 0.1) is 5.01 Å². The minimum absolute atomic E-state index is 0.00340. The van der Waals surface area contributed by atoms with Gasteiger partial charge in [-0.15, -0.1) is 11.3 Å². The third-order valence-corrected chi connectivity index (χ3v) is 6.04. The first-order chi connectivity index (χ1) is 9.41. The van der Waals surface area contributed by atoms with Crippen molar-refractivity contribution < 1.29 is 4.79 Å². The number of aromatic nitrogens is 1. The summed E-state index contributed by atoms with van der Waals surface area (Å²) in [5, 5.41) is 6.05. The van der Waals surface area contributed by atoms with Crippen molar-refractivity contribution in [1.82, 2.24) is 10.3 Å². The number of rotatable bonds is 4. The fraction of sp³-hybridized carbons (Fsp3) is 0.750. The van der Waals surface area contributed by atoms with Crippen LogP contribution in [0, 0.1) is 11.3 Å². The van der Waals surface area contributed by atoms with Crippen molar-refractivity contribution in [2.75, 3.05) is 6.54 Å². The van der Waals surface area contributed by atoms with Crippen molar-refractivity contribution in [2.24, 2.45) is 11.3 Å². The first-order valence-corrected chi connectivity index (χ1v) is 8.53. The Labute approximate surface area is 125 Å². The molecule has 1 amide bonds. The van der Waals surface area contributed by atoms with Gasteiger partial charge in [0.15, 0.2) is 0 Å². The van der Waals surface area contributed by atoms with Gasteiger partial charge in [0.2, 0.25) is 0 Å². The van der Waals surface area contributed by atoms with Gasteiger partial charge in [-0.3, -0.25) is 4.79 Å². The van der Waals surface area contributed by atoms with Crippen LogP contribution in [0.15, 0.2) is 5.38 Å². The minimum atomic E-state index is 0.00340. The summed E-state index contributed by atoms with van der Waals surface area (Å²) in [6.45, 7) is 7.23. The summed E-state index contributed by atoms with van der Waals surface area (Å²) < 4.78 is 0. The van der Waals surface area contributed by atoms with E-state index in [-0.39, 0.29) is 11.3 Å². The molecule has 3 nitrogen and oxygen atoms in total. The molecular weight excluding hydrogens is 268 g/mol. The Kier molecular flexibility index (Phi) is 3.39. The zero-order valence-electron chi connectivity index (χ0n) is 12.7. The second-order valence-electron chi connectivity index (χ2n) is 7.46. The molecule has 2 aliphatic carbocycles. The van der Waals surface area contributed by atoms with Crippen molar-refractivity contribution in [3.63, 3.8) is 0 Å². The van der Waals surface area contributed by atoms with E-state index >= 15 is 0 Å². The van der Waals surface area contributed by atoms with Crippen LogP contribution < -0.4 is 5.32 Å². The Hall–Kier alpha value is -0.900. The molecule has 2 saturated carbocycles. The van der Waals surface area contributed by atoms with Crippen LogP contribution in [0.4, 0.5) is 0 Å². The largest absolute Gasteiger partial charge is 0.350 e. The maximum Gasteiger partial charge on any atom is 0.270 e. The zero-order chi connectivity index (χ0) is 14.4. The molecule has 0 unspecified atom stereocenters. The topological polar surface area (TPSA) is 42.0 Å². The summed E-state index contributed by atoms with van der Waals surface area (Å²) in [6.07, 6.45) is 6.64. The lowest BCUT2D eigenvalue weighted by Crippen LogP contribution is -2.43. The summed E-state index contributed by atoms with van der Waals surface area (Å²) >= 11 is 1.58. The number of hydrogen-bond donors (Lipinski definition) is 1. The maximum absolute atomic E-state index is 12.2. The molecule has 0 aliphatic heterocycles. The molecule has 1 aromatic rings. The molecule has 20 heavy (non-hydrogen) atoms. The van der Waals surface area contributed by atoms with Gasteiger partial charge in [0.25, 0.3) is 5.91 Å². The van der Waals surface area contributed by atoms with Crippen molar-refractivity contribution in [1.29, 1.82) is 0 Å². The Balaban J connectivity index is 1.60. The highest BCUT2D eigenvalue weighted by atomic mass is 32.1. The molecule has 0 bridgehead atoms. The van der Waals surface area contributed by atoms with Crippen LogP contribution in [0.1, 0.15) is 68.4 Å². The van der Waals surface area contributed by atoms with Gasteiger partial charge in [0.1, 0.15) is 5.69 Å². The van der Waals surface area contributed by atoms with Crippen LogP contribution in [0.3, 0.4) is 0 Å². The predicted molar refractivity (Wildman–Crippen MR) is 82.2 cm³/mol. The SMILES string of the molecule is CC(C)(C)c1nc(C(=O)NCC2(C3CC3)CCC2)cs1. The average Bonchev–Trinajstić information content (AvgIpc) is 3.03. The van der Waals surface area contributed by atoms with Crippen LogP contribution in [-0.4, -0.2) is 17.4 Å². The maximum atomic E-state index is 12.2. The van der Waals surface area contributed by atoms with Crippen molar-refractivity contribution in [3.8, 4) is 0 Å². The lowest BCUT2D eigenvalue weighted by atomic mass is 9.65. The van der Waals surface area contributed by atoms with Crippen molar-refractivity contribution in [2.45, 2.75) is 58.3 Å². The second kappa shape index (κ2) is 4.83. The number of nitrogens with zero attached hydrogens (tertiary/aromatic N) is 1. The highest BCUT2D eigenvalue weighted by Gasteiger charge is 2.48. The molecule has 2 fully saturated rings. The smallest absolute Gasteiger partial charge is 0.270 e. The van der Waals surface area contributed by atoms with Crippen LogP contribution in [0.2, 0.25) is 0 Å². The first-order valence-electron chi connectivity index (χ1n) is 7.65. The van der Waals surface area contributed by atoms with E-state index < -0.39 is 0 Å². The van der Waals surface area contributed by atoms with Crippen LogP contribution >= 0.6 is 11.3 Å². The fourth-order valence-electron chi connectivity index (χ4n) is 3.13. The quantitative estimate of drug-likeness (QED) is 0.918. The highest BCUT2D eigenvalue weighted by Crippen LogP contribution is 2.56. The van der Waals surface area contributed by atoms with E-state index in [1.165, 1.54) is 32.1 Å². The Bertz CT molecular complexity index is 507. The molecule has 0 saturated heterocycles. The standard InChI is InChI=1S/C16H24N2OS/c1-15(2,3)14-18-12(9-20-14)13(19)17-10-16(7-4-8-16)11-5-6-11/h9,11H,4-8,10H2,1-3H3,(H,17,19). The van der Waals surface area contributed by atoms with Crippen molar-refractivity contribution in [3.05, 3.63) is 16.1 Å². The molecule has 3 rings (SSSR count). The Morgan fingerprint density at radius 2 is 2.15 bits per heavy atom. The van der Waals surface area contributed by atoms with E-state index in [4.69, 9.17) is 0 Å². The third-order valence-electron chi connectivity index (χ3n) is 4.77. The van der Waals surface area contributed by atoms with Crippen molar-refractivity contribution >= 4 is 17.2 Å². The summed E-state index contributed by atoms with van der Waals surface area (Å²) in [4.78, 5) is 16.7. The van der Waals surface area contributed by atoms with E-state index in [1.54, 1.807) is 11.3 Å². The summed E-state index contributed by atoms with van der Waals surface area (Å²) in [7, 11) is 0. The van der Waals surface area contributed by atoms with Crippen LogP contribution in [0.25, 0.3) is 0 Å². The molecule has 0 radical (unpaired) electrons. The van der Waals surface area contributed by atoms with E-state index in [1.807, 2.05) is 5.38 Å². The van der Waals surface area contributed by atoms with E-state index in [0.29, 0.717) is 11.1 Å². The van der Waals surface area contributed by atoms with Gasteiger partial charge in [-0.1, -0.05) is 27.2 Å². The highest BCUT2D eigenvalue weighted by molar-refractivity contribution is 7.10. The lowest BCUT2D eigenvalue weighted by Gasteiger charge is -2.42. The molecule has 0 spiro atoms. The van der Waals surface area contributed by atoms with E-state index in [9.17, 15) is 4.79 Å². The monoisotopic (exact) mass is 292 g/mol. The molecule has 1 N–H and O–H groups in total. The van der Waals surface area contributed by atoms with Gasteiger partial charge >= 0.3 is 0 Å². The molecule has 4 heteroatoms. The van der Waals surface area contributed by atoms with Gasteiger partial charge in [-0.25, -0.2) is 4.98 Å². The fourth-order valence-corrected chi connectivity index (χ4v) is 4.01. The van der Waals surface area contributed by atoms with Crippen LogP contribution in [0.5, 0.6) is 0 Å². The molecule has 0 aromatic carbocycles. The molecule has 2 aliphatic rings. The zero-order valence-corrected chi connectivity index (χ0v) is 13.5. The predicted octanol–water partition coefficient (Wildman–Crippen LogP) is 3.75. The number of hydrogen-bond acceptors (Lipinski definition) is 3. The van der Waals surface area contributed by atoms with Gasteiger partial charge in [0, 0.05) is 17.3 Å². The molecule has 1 heterocycles. The van der Waals surface area contributed by atoms with Crippen LogP contribution in [-0.2, 0) is 5.41 Å². The number of thiazole rings is 1. The first kappa shape index (κ1) is 14.1. The molecule has 0 atom stereocenters. The minimum Gasteiger partial charge on any atom is -0.350 e. The summed E-state index contributed by atoms with van der Waals surface area (Å²) in [6, 6.07) is 0. The summed E-state index contributed by atoms with van der Waals surface area (Å²) in [5.41, 5.74) is 1.04. The average molecular weight is 292 g/mol. The van der Waals surface area contributed by atoms with Gasteiger partial charge in [-0.2, -0.15) is 0 Å². The van der Waals surface area contributed by atoms with Gasteiger partial charge < -0.3 is 5.32 Å². The number of carbonyl (C=O) groups excluding carboxylic acids is 1. The lowest BCUT2D eigenvalue weighted by molar-refractivity contribution is 0.0778. The third kappa shape index (κ3) is 2.62. The molecular formula is C16H24N2OS. The summed E-state index contributed by atoms with van der Waals surface area (Å²) in [5.74, 6) is 0.876. The Morgan fingerprint density at radius 1 is 1.45 bits per heavy atom. The van der Waals surface area contributed by atoms with E-state index in [2.05, 4.69) is 31.1 Å². The number of carbonyl (C=O) groups is 1. The second-order valence-corrected chi connectivity index (χ2v) is 8.32. The van der Waals surface area contributed by atoms with E-state index in [0.717, 1.165) is 17.5 Å². The number of nitrogens with one attached hydrogen (secondary N) is 1. The number of amides is 1.